The van der Waals surface area contributed by atoms with Crippen molar-refractivity contribution in [2.75, 3.05) is 0 Å². The zero-order valence-corrected chi connectivity index (χ0v) is 7.85. The van der Waals surface area contributed by atoms with Crippen LogP contribution < -0.4 is 5.73 Å². The van der Waals surface area contributed by atoms with Gasteiger partial charge in [0, 0.05) is 6.04 Å². The summed E-state index contributed by atoms with van der Waals surface area (Å²) in [5.41, 5.74) is 6.88. The quantitative estimate of drug-likeness (QED) is 0.733. The van der Waals surface area contributed by atoms with Gasteiger partial charge in [-0.3, -0.25) is 0 Å². The summed E-state index contributed by atoms with van der Waals surface area (Å²) in [6, 6.07) is 0.0926. The van der Waals surface area contributed by atoms with Crippen molar-refractivity contribution in [3.63, 3.8) is 0 Å². The minimum absolute atomic E-state index is 0.0926. The first-order valence-electron chi connectivity index (χ1n) is 3.67. The molecule has 0 aromatic carbocycles. The standard InChI is InChI=1S/C7H13N3S/c1-4(2)6(8)7-5(3)9-10-11-7/h4,6H,8H2,1-3H3. The van der Waals surface area contributed by atoms with Crippen molar-refractivity contribution in [2.45, 2.75) is 26.8 Å². The Morgan fingerprint density at radius 1 is 1.45 bits per heavy atom. The highest BCUT2D eigenvalue weighted by atomic mass is 32.1. The minimum Gasteiger partial charge on any atom is -0.323 e. The van der Waals surface area contributed by atoms with Crippen LogP contribution in [0.4, 0.5) is 0 Å². The van der Waals surface area contributed by atoms with Gasteiger partial charge in [-0.25, -0.2) is 0 Å². The van der Waals surface area contributed by atoms with Crippen LogP contribution in [-0.4, -0.2) is 9.59 Å². The summed E-state index contributed by atoms with van der Waals surface area (Å²) in [4.78, 5) is 1.11. The van der Waals surface area contributed by atoms with E-state index in [1.165, 1.54) is 11.5 Å². The van der Waals surface area contributed by atoms with E-state index in [9.17, 15) is 0 Å². The molecule has 2 N–H and O–H groups in total. The van der Waals surface area contributed by atoms with Crippen LogP contribution >= 0.6 is 11.5 Å². The van der Waals surface area contributed by atoms with Crippen molar-refractivity contribution >= 4 is 11.5 Å². The van der Waals surface area contributed by atoms with Gasteiger partial charge in [-0.15, -0.1) is 5.10 Å². The molecule has 1 aromatic heterocycles. The van der Waals surface area contributed by atoms with Gasteiger partial charge in [0.25, 0.3) is 0 Å². The molecule has 0 fully saturated rings. The molecule has 4 heteroatoms. The molecule has 1 atom stereocenters. The van der Waals surface area contributed by atoms with Crippen molar-refractivity contribution in [3.05, 3.63) is 10.6 Å². The second kappa shape index (κ2) is 3.28. The fraction of sp³-hybridized carbons (Fsp3) is 0.714. The van der Waals surface area contributed by atoms with Crippen LogP contribution in [0.1, 0.15) is 30.5 Å². The summed E-state index contributed by atoms with van der Waals surface area (Å²) in [6.45, 7) is 6.15. The van der Waals surface area contributed by atoms with Crippen molar-refractivity contribution in [1.29, 1.82) is 0 Å². The highest BCUT2D eigenvalue weighted by molar-refractivity contribution is 7.05. The van der Waals surface area contributed by atoms with Gasteiger partial charge in [0.1, 0.15) is 0 Å². The lowest BCUT2D eigenvalue weighted by Gasteiger charge is -2.12. The predicted molar refractivity (Wildman–Crippen MR) is 46.4 cm³/mol. The Kier molecular flexibility index (Phi) is 2.57. The zero-order chi connectivity index (χ0) is 8.43. The summed E-state index contributed by atoms with van der Waals surface area (Å²) in [6.07, 6.45) is 0. The molecule has 11 heavy (non-hydrogen) atoms. The first kappa shape index (κ1) is 8.62. The van der Waals surface area contributed by atoms with Gasteiger partial charge in [-0.2, -0.15) is 0 Å². The summed E-state index contributed by atoms with van der Waals surface area (Å²) in [5, 5.41) is 3.91. The van der Waals surface area contributed by atoms with Gasteiger partial charge in [0.15, 0.2) is 0 Å². The molecule has 0 saturated carbocycles. The number of aromatic nitrogens is 2. The average Bonchev–Trinajstić information content (AvgIpc) is 2.33. The Bertz CT molecular complexity index is 231. The summed E-state index contributed by atoms with van der Waals surface area (Å²) < 4.78 is 3.84. The Hall–Kier alpha value is -0.480. The smallest absolute Gasteiger partial charge is 0.0772 e. The fourth-order valence-electron chi connectivity index (χ4n) is 0.846. The van der Waals surface area contributed by atoms with E-state index in [4.69, 9.17) is 5.73 Å². The SMILES string of the molecule is Cc1nnsc1C(N)C(C)C. The molecule has 3 nitrogen and oxygen atoms in total. The van der Waals surface area contributed by atoms with Crippen LogP contribution in [0.5, 0.6) is 0 Å². The van der Waals surface area contributed by atoms with E-state index < -0.39 is 0 Å². The lowest BCUT2D eigenvalue weighted by Crippen LogP contribution is -2.16. The van der Waals surface area contributed by atoms with Gasteiger partial charge >= 0.3 is 0 Å². The van der Waals surface area contributed by atoms with E-state index in [-0.39, 0.29) is 6.04 Å². The van der Waals surface area contributed by atoms with E-state index in [0.717, 1.165) is 10.6 Å². The topological polar surface area (TPSA) is 51.8 Å². The molecule has 0 aliphatic heterocycles. The molecule has 0 radical (unpaired) electrons. The molecule has 0 aliphatic carbocycles. The van der Waals surface area contributed by atoms with Crippen LogP contribution in [0.2, 0.25) is 0 Å². The Balaban J connectivity index is 2.84. The summed E-state index contributed by atoms with van der Waals surface area (Å²) >= 11 is 1.40. The monoisotopic (exact) mass is 171 g/mol. The number of aryl methyl sites for hydroxylation is 1. The fourth-order valence-corrected chi connectivity index (χ4v) is 1.66. The minimum atomic E-state index is 0.0926. The van der Waals surface area contributed by atoms with E-state index in [1.807, 2.05) is 6.92 Å². The maximum Gasteiger partial charge on any atom is 0.0772 e. The van der Waals surface area contributed by atoms with Crippen molar-refractivity contribution in [1.82, 2.24) is 9.59 Å². The van der Waals surface area contributed by atoms with E-state index in [2.05, 4.69) is 23.4 Å². The van der Waals surface area contributed by atoms with Crippen molar-refractivity contribution in [2.24, 2.45) is 11.7 Å². The summed E-state index contributed by atoms with van der Waals surface area (Å²) in [5.74, 6) is 0.455. The Labute approximate surface area is 70.8 Å². The molecule has 1 unspecified atom stereocenters. The number of hydrogen-bond acceptors (Lipinski definition) is 4. The molecule has 1 heterocycles. The lowest BCUT2D eigenvalue weighted by atomic mass is 10.0. The number of nitrogens with zero attached hydrogens (tertiary/aromatic N) is 2. The van der Waals surface area contributed by atoms with E-state index in [0.29, 0.717) is 5.92 Å². The Morgan fingerprint density at radius 3 is 2.45 bits per heavy atom. The van der Waals surface area contributed by atoms with Gasteiger partial charge < -0.3 is 5.73 Å². The van der Waals surface area contributed by atoms with Crippen LogP contribution in [0.25, 0.3) is 0 Å². The lowest BCUT2D eigenvalue weighted by molar-refractivity contribution is 0.518. The first-order chi connectivity index (χ1) is 5.13. The maximum atomic E-state index is 5.91. The largest absolute Gasteiger partial charge is 0.323 e. The number of hydrogen-bond donors (Lipinski definition) is 1. The van der Waals surface area contributed by atoms with Crippen LogP contribution in [0, 0.1) is 12.8 Å². The molecule has 0 amide bonds. The zero-order valence-electron chi connectivity index (χ0n) is 7.03. The second-order valence-corrected chi connectivity index (χ2v) is 3.78. The van der Waals surface area contributed by atoms with Crippen molar-refractivity contribution < 1.29 is 0 Å². The molecule has 0 bridgehead atoms. The van der Waals surface area contributed by atoms with Gasteiger partial charge in [0.2, 0.25) is 0 Å². The molecular formula is C7H13N3S. The van der Waals surface area contributed by atoms with Gasteiger partial charge in [-0.1, -0.05) is 18.3 Å². The van der Waals surface area contributed by atoms with E-state index >= 15 is 0 Å². The third-order valence-electron chi connectivity index (χ3n) is 1.71. The van der Waals surface area contributed by atoms with Crippen LogP contribution in [0.3, 0.4) is 0 Å². The second-order valence-electron chi connectivity index (χ2n) is 2.99. The predicted octanol–water partition coefficient (Wildman–Crippen LogP) is 1.50. The Morgan fingerprint density at radius 2 is 2.09 bits per heavy atom. The molecular weight excluding hydrogens is 158 g/mol. The molecule has 0 aliphatic rings. The normalized spacial score (nSPS) is 13.9. The third-order valence-corrected chi connectivity index (χ3v) is 2.64. The molecule has 0 saturated heterocycles. The number of nitrogens with two attached hydrogens (primary N) is 1. The number of rotatable bonds is 2. The highest BCUT2D eigenvalue weighted by Crippen LogP contribution is 2.23. The van der Waals surface area contributed by atoms with Crippen LogP contribution in [0.15, 0.2) is 0 Å². The van der Waals surface area contributed by atoms with Crippen molar-refractivity contribution in [3.8, 4) is 0 Å². The highest BCUT2D eigenvalue weighted by Gasteiger charge is 2.15. The average molecular weight is 171 g/mol. The van der Waals surface area contributed by atoms with E-state index in [1.54, 1.807) is 0 Å². The third kappa shape index (κ3) is 1.75. The summed E-state index contributed by atoms with van der Waals surface area (Å²) in [7, 11) is 0. The molecule has 1 rings (SSSR count). The van der Waals surface area contributed by atoms with Gasteiger partial charge in [0.05, 0.1) is 10.6 Å². The van der Waals surface area contributed by atoms with Gasteiger partial charge in [-0.05, 0) is 24.4 Å². The molecule has 0 spiro atoms. The van der Waals surface area contributed by atoms with Crippen LogP contribution in [-0.2, 0) is 0 Å². The maximum absolute atomic E-state index is 5.91. The molecule has 62 valence electrons. The first-order valence-corrected chi connectivity index (χ1v) is 4.44. The molecule has 1 aromatic rings.